The van der Waals surface area contributed by atoms with Crippen LogP contribution in [0.25, 0.3) is 0 Å². The van der Waals surface area contributed by atoms with Gasteiger partial charge in [0.1, 0.15) is 0 Å². The smallest absolute Gasteiger partial charge is 0.0757 e. The Labute approximate surface area is 135 Å². The highest BCUT2D eigenvalue weighted by atomic mass is 16.5. The van der Waals surface area contributed by atoms with Crippen LogP contribution in [0.3, 0.4) is 0 Å². The summed E-state index contributed by atoms with van der Waals surface area (Å²) >= 11 is 0. The molecule has 2 heterocycles. The maximum absolute atomic E-state index is 10.3. The van der Waals surface area contributed by atoms with Crippen molar-refractivity contribution >= 4 is 0 Å². The number of rotatable bonds is 3. The number of fused-ring (bicyclic) bond motifs is 2. The summed E-state index contributed by atoms with van der Waals surface area (Å²) in [4.78, 5) is 0. The van der Waals surface area contributed by atoms with E-state index in [2.05, 4.69) is 46.8 Å². The van der Waals surface area contributed by atoms with Crippen LogP contribution in [0.5, 0.6) is 0 Å². The fourth-order valence-corrected chi connectivity index (χ4v) is 5.04. The molecule has 124 valence electrons. The van der Waals surface area contributed by atoms with E-state index in [-0.39, 0.29) is 17.3 Å². The Morgan fingerprint density at radius 2 is 2.00 bits per heavy atom. The molecule has 7 atom stereocenters. The van der Waals surface area contributed by atoms with Gasteiger partial charge in [0.2, 0.25) is 0 Å². The van der Waals surface area contributed by atoms with Gasteiger partial charge in [0, 0.05) is 5.92 Å². The van der Waals surface area contributed by atoms with E-state index in [1.165, 1.54) is 18.4 Å². The molecule has 2 nitrogen and oxygen atoms in total. The van der Waals surface area contributed by atoms with Gasteiger partial charge < -0.3 is 9.84 Å². The summed E-state index contributed by atoms with van der Waals surface area (Å²) in [7, 11) is 0. The normalized spacial score (nSPS) is 49.6. The van der Waals surface area contributed by atoms with Crippen molar-refractivity contribution in [2.75, 3.05) is 0 Å². The molecular formula is C20H32O2. The standard InChI is InChI=1S/C20H32O2/c1-13-6-8-16(18(21)12-13)14(2)7-9-17-15(3)19(4)10-11-20(17,5)22-19/h7,9,12,14-18,21H,6,8,10-11H2,1-5H3/b9-7+/t14-,15?,16+,17?,18+,19?,20?/m0/s1. The number of allylic oxidation sites excluding steroid dienone is 2. The lowest BCUT2D eigenvalue weighted by atomic mass is 9.68. The summed E-state index contributed by atoms with van der Waals surface area (Å²) in [6, 6.07) is 0. The quantitative estimate of drug-likeness (QED) is 0.778. The second kappa shape index (κ2) is 5.49. The van der Waals surface area contributed by atoms with Crippen LogP contribution in [0.2, 0.25) is 0 Å². The van der Waals surface area contributed by atoms with Gasteiger partial charge >= 0.3 is 0 Å². The summed E-state index contributed by atoms with van der Waals surface area (Å²) in [5, 5.41) is 10.3. The van der Waals surface area contributed by atoms with Gasteiger partial charge in [0.25, 0.3) is 0 Å². The minimum Gasteiger partial charge on any atom is -0.389 e. The molecule has 2 fully saturated rings. The van der Waals surface area contributed by atoms with Crippen LogP contribution in [-0.2, 0) is 4.74 Å². The molecule has 0 aromatic heterocycles. The predicted octanol–water partition coefficient (Wildman–Crippen LogP) is 4.49. The number of hydrogen-bond acceptors (Lipinski definition) is 2. The van der Waals surface area contributed by atoms with Crippen LogP contribution < -0.4 is 0 Å². The Morgan fingerprint density at radius 3 is 2.59 bits per heavy atom. The van der Waals surface area contributed by atoms with Crippen LogP contribution in [0.15, 0.2) is 23.8 Å². The average molecular weight is 304 g/mol. The second-order valence-corrected chi connectivity index (χ2v) is 8.49. The van der Waals surface area contributed by atoms with Crippen LogP contribution in [0.4, 0.5) is 0 Å². The van der Waals surface area contributed by atoms with Gasteiger partial charge in [0.05, 0.1) is 17.3 Å². The first-order chi connectivity index (χ1) is 10.3. The minimum atomic E-state index is -0.282. The average Bonchev–Trinajstić information content (AvgIpc) is 2.84. The van der Waals surface area contributed by atoms with E-state index in [0.29, 0.717) is 23.7 Å². The molecule has 2 aliphatic heterocycles. The number of aliphatic hydroxyl groups excluding tert-OH is 1. The van der Waals surface area contributed by atoms with Crippen LogP contribution in [-0.4, -0.2) is 22.4 Å². The van der Waals surface area contributed by atoms with E-state index >= 15 is 0 Å². The summed E-state index contributed by atoms with van der Waals surface area (Å²) in [5.41, 5.74) is 1.42. The zero-order valence-electron chi connectivity index (χ0n) is 14.8. The lowest BCUT2D eigenvalue weighted by molar-refractivity contribution is -0.0395. The molecule has 0 amide bonds. The summed E-state index contributed by atoms with van der Waals surface area (Å²) in [6.45, 7) is 11.3. The van der Waals surface area contributed by atoms with E-state index in [1.807, 2.05) is 6.08 Å². The van der Waals surface area contributed by atoms with Gasteiger partial charge in [-0.15, -0.1) is 0 Å². The molecule has 2 heteroatoms. The van der Waals surface area contributed by atoms with Crippen LogP contribution in [0, 0.1) is 23.7 Å². The lowest BCUT2D eigenvalue weighted by Gasteiger charge is -2.33. The minimum absolute atomic E-state index is 0.0199. The van der Waals surface area contributed by atoms with Crippen molar-refractivity contribution < 1.29 is 9.84 Å². The van der Waals surface area contributed by atoms with E-state index in [1.54, 1.807) is 0 Å². The third kappa shape index (κ3) is 2.59. The number of aliphatic hydroxyl groups is 1. The third-order valence-electron chi connectivity index (χ3n) is 6.85. The van der Waals surface area contributed by atoms with Crippen molar-refractivity contribution in [3.05, 3.63) is 23.8 Å². The number of ether oxygens (including phenoxy) is 1. The van der Waals surface area contributed by atoms with Gasteiger partial charge in [-0.05, 0) is 64.2 Å². The first kappa shape index (κ1) is 16.3. The second-order valence-electron chi connectivity index (χ2n) is 8.49. The number of hydrogen-bond donors (Lipinski definition) is 1. The first-order valence-corrected chi connectivity index (χ1v) is 8.99. The highest BCUT2D eigenvalue weighted by molar-refractivity contribution is 5.17. The molecule has 0 saturated carbocycles. The fraction of sp³-hybridized carbons (Fsp3) is 0.800. The van der Waals surface area contributed by atoms with E-state index < -0.39 is 0 Å². The lowest BCUT2D eigenvalue weighted by Crippen LogP contribution is -2.35. The van der Waals surface area contributed by atoms with Crippen molar-refractivity contribution in [2.45, 2.75) is 77.6 Å². The van der Waals surface area contributed by atoms with Crippen molar-refractivity contribution in [2.24, 2.45) is 23.7 Å². The molecule has 0 radical (unpaired) electrons. The zero-order chi connectivity index (χ0) is 16.1. The van der Waals surface area contributed by atoms with E-state index in [4.69, 9.17) is 4.74 Å². The Morgan fingerprint density at radius 1 is 1.32 bits per heavy atom. The maximum atomic E-state index is 10.3. The molecule has 4 unspecified atom stereocenters. The van der Waals surface area contributed by atoms with E-state index in [9.17, 15) is 5.11 Å². The van der Waals surface area contributed by atoms with Crippen molar-refractivity contribution in [1.29, 1.82) is 0 Å². The third-order valence-corrected chi connectivity index (χ3v) is 6.85. The maximum Gasteiger partial charge on any atom is 0.0757 e. The Kier molecular flexibility index (Phi) is 4.06. The molecule has 1 N–H and O–H groups in total. The van der Waals surface area contributed by atoms with Crippen molar-refractivity contribution in [3.8, 4) is 0 Å². The summed E-state index contributed by atoms with van der Waals surface area (Å²) < 4.78 is 6.37. The molecule has 3 rings (SSSR count). The molecular weight excluding hydrogens is 272 g/mol. The van der Waals surface area contributed by atoms with Gasteiger partial charge in [0.15, 0.2) is 0 Å². The Bertz CT molecular complexity index is 494. The first-order valence-electron chi connectivity index (χ1n) is 8.99. The zero-order valence-corrected chi connectivity index (χ0v) is 14.8. The Hall–Kier alpha value is -0.600. The molecule has 0 aromatic carbocycles. The molecule has 0 spiro atoms. The van der Waals surface area contributed by atoms with Crippen molar-refractivity contribution in [1.82, 2.24) is 0 Å². The molecule has 3 aliphatic rings. The summed E-state index contributed by atoms with van der Waals surface area (Å²) in [6.07, 6.45) is 11.1. The fourth-order valence-electron chi connectivity index (χ4n) is 5.04. The van der Waals surface area contributed by atoms with Crippen LogP contribution in [0.1, 0.15) is 60.3 Å². The highest BCUT2D eigenvalue weighted by Gasteiger charge is 2.60. The van der Waals surface area contributed by atoms with Crippen molar-refractivity contribution in [3.63, 3.8) is 0 Å². The molecule has 2 bridgehead atoms. The van der Waals surface area contributed by atoms with Gasteiger partial charge in [-0.2, -0.15) is 0 Å². The summed E-state index contributed by atoms with van der Waals surface area (Å²) in [5.74, 6) is 1.86. The molecule has 0 aromatic rings. The van der Waals surface area contributed by atoms with Gasteiger partial charge in [-0.1, -0.05) is 37.6 Å². The van der Waals surface area contributed by atoms with Gasteiger partial charge in [-0.3, -0.25) is 0 Å². The largest absolute Gasteiger partial charge is 0.389 e. The van der Waals surface area contributed by atoms with Crippen LogP contribution >= 0.6 is 0 Å². The Balaban J connectivity index is 1.70. The molecule has 2 saturated heterocycles. The van der Waals surface area contributed by atoms with E-state index in [0.717, 1.165) is 12.8 Å². The molecule has 22 heavy (non-hydrogen) atoms. The topological polar surface area (TPSA) is 29.5 Å². The van der Waals surface area contributed by atoms with Gasteiger partial charge in [-0.25, -0.2) is 0 Å². The predicted molar refractivity (Wildman–Crippen MR) is 90.6 cm³/mol. The SMILES string of the molecule is CC1=C[C@@H](O)[C@@H]([C@@H](C)/C=C/C2C(C)C3(C)CCC2(C)O3)CC1. The monoisotopic (exact) mass is 304 g/mol. The molecule has 1 aliphatic carbocycles. The highest BCUT2D eigenvalue weighted by Crippen LogP contribution is 2.57.